The molecule has 0 unspecified atom stereocenters. The molecule has 0 aliphatic heterocycles. The van der Waals surface area contributed by atoms with Crippen molar-refractivity contribution in [2.24, 2.45) is 5.92 Å². The standard InChI is InChI=1S/C13H15NO3S/c15-7-10(13(16)17)6-11-8-18-12(14-11)9-4-2-1-3-5-9/h1-5,8,10,13,15-17H,6-7H2/t10-/m0/s1. The molecule has 1 atom stereocenters. The van der Waals surface area contributed by atoms with E-state index in [-0.39, 0.29) is 6.61 Å². The molecule has 96 valence electrons. The van der Waals surface area contributed by atoms with Gasteiger partial charge in [-0.3, -0.25) is 0 Å². The van der Waals surface area contributed by atoms with E-state index in [1.165, 1.54) is 11.3 Å². The van der Waals surface area contributed by atoms with E-state index >= 15 is 0 Å². The Morgan fingerprint density at radius 3 is 2.50 bits per heavy atom. The first kappa shape index (κ1) is 13.2. The Labute approximate surface area is 109 Å². The Morgan fingerprint density at radius 2 is 1.89 bits per heavy atom. The molecular weight excluding hydrogens is 250 g/mol. The molecule has 1 aromatic heterocycles. The summed E-state index contributed by atoms with van der Waals surface area (Å²) in [6.45, 7) is -0.268. The first-order chi connectivity index (χ1) is 8.70. The van der Waals surface area contributed by atoms with Gasteiger partial charge >= 0.3 is 0 Å². The zero-order valence-electron chi connectivity index (χ0n) is 9.73. The van der Waals surface area contributed by atoms with Crippen molar-refractivity contribution in [1.29, 1.82) is 0 Å². The molecule has 0 aliphatic carbocycles. The van der Waals surface area contributed by atoms with Crippen LogP contribution in [0.15, 0.2) is 35.7 Å². The third kappa shape index (κ3) is 3.14. The van der Waals surface area contributed by atoms with Crippen LogP contribution in [0.4, 0.5) is 0 Å². The normalized spacial score (nSPS) is 12.9. The van der Waals surface area contributed by atoms with Crippen molar-refractivity contribution in [2.75, 3.05) is 6.61 Å². The van der Waals surface area contributed by atoms with Gasteiger partial charge < -0.3 is 15.3 Å². The molecule has 0 fully saturated rings. The Bertz CT molecular complexity index is 484. The predicted molar refractivity (Wildman–Crippen MR) is 70.1 cm³/mol. The van der Waals surface area contributed by atoms with E-state index in [0.29, 0.717) is 6.42 Å². The molecule has 0 bridgehead atoms. The summed E-state index contributed by atoms with van der Waals surface area (Å²) in [6.07, 6.45) is -1.16. The van der Waals surface area contributed by atoms with Gasteiger partial charge in [0.1, 0.15) is 5.01 Å². The van der Waals surface area contributed by atoms with Crippen LogP contribution >= 0.6 is 11.3 Å². The quantitative estimate of drug-likeness (QED) is 0.712. The molecule has 4 nitrogen and oxygen atoms in total. The van der Waals surface area contributed by atoms with E-state index in [2.05, 4.69) is 4.98 Å². The van der Waals surface area contributed by atoms with E-state index in [9.17, 15) is 0 Å². The molecule has 3 N–H and O–H groups in total. The van der Waals surface area contributed by atoms with Gasteiger partial charge in [-0.15, -0.1) is 11.3 Å². The van der Waals surface area contributed by atoms with Crippen LogP contribution in [0.5, 0.6) is 0 Å². The summed E-state index contributed by atoms with van der Waals surface area (Å²) in [5, 5.41) is 30.0. The predicted octanol–water partition coefficient (Wildman–Crippen LogP) is 1.27. The third-order valence-corrected chi connectivity index (χ3v) is 3.64. The Kier molecular flexibility index (Phi) is 4.43. The molecule has 0 aliphatic rings. The topological polar surface area (TPSA) is 73.6 Å². The van der Waals surface area contributed by atoms with Gasteiger partial charge in [-0.25, -0.2) is 4.98 Å². The van der Waals surface area contributed by atoms with Gasteiger partial charge in [0.05, 0.1) is 12.3 Å². The SMILES string of the molecule is OC[C@H](Cc1csc(-c2ccccc2)n1)C(O)O. The highest BCUT2D eigenvalue weighted by molar-refractivity contribution is 7.13. The zero-order chi connectivity index (χ0) is 13.0. The molecule has 5 heteroatoms. The second-order valence-corrected chi connectivity index (χ2v) is 4.93. The van der Waals surface area contributed by atoms with Crippen LogP contribution < -0.4 is 0 Å². The molecule has 1 aromatic carbocycles. The molecule has 0 saturated heterocycles. The second kappa shape index (κ2) is 6.06. The van der Waals surface area contributed by atoms with Crippen molar-refractivity contribution in [3.63, 3.8) is 0 Å². The summed E-state index contributed by atoms with van der Waals surface area (Å²) >= 11 is 1.51. The maximum Gasteiger partial charge on any atom is 0.156 e. The molecule has 18 heavy (non-hydrogen) atoms. The van der Waals surface area contributed by atoms with E-state index < -0.39 is 12.2 Å². The van der Waals surface area contributed by atoms with Crippen molar-refractivity contribution in [1.82, 2.24) is 4.98 Å². The molecule has 2 aromatic rings. The lowest BCUT2D eigenvalue weighted by Crippen LogP contribution is -2.25. The van der Waals surface area contributed by atoms with E-state index in [1.54, 1.807) is 0 Å². The van der Waals surface area contributed by atoms with Gasteiger partial charge in [0.15, 0.2) is 6.29 Å². The fourth-order valence-electron chi connectivity index (χ4n) is 1.65. The van der Waals surface area contributed by atoms with Crippen LogP contribution in [-0.2, 0) is 6.42 Å². The molecular formula is C13H15NO3S. The fraction of sp³-hybridized carbons (Fsp3) is 0.308. The highest BCUT2D eigenvalue weighted by atomic mass is 32.1. The molecule has 0 radical (unpaired) electrons. The van der Waals surface area contributed by atoms with Crippen molar-refractivity contribution in [3.8, 4) is 10.6 Å². The number of hydrogen-bond donors (Lipinski definition) is 3. The lowest BCUT2D eigenvalue weighted by molar-refractivity contribution is -0.0961. The number of aromatic nitrogens is 1. The minimum absolute atomic E-state index is 0.268. The zero-order valence-corrected chi connectivity index (χ0v) is 10.5. The Balaban J connectivity index is 2.11. The Hall–Kier alpha value is -1.27. The van der Waals surface area contributed by atoms with Crippen LogP contribution in [0.1, 0.15) is 5.69 Å². The second-order valence-electron chi connectivity index (χ2n) is 4.07. The van der Waals surface area contributed by atoms with Crippen LogP contribution in [0.25, 0.3) is 10.6 Å². The van der Waals surface area contributed by atoms with E-state index in [0.717, 1.165) is 16.3 Å². The minimum atomic E-state index is -1.52. The highest BCUT2D eigenvalue weighted by Crippen LogP contribution is 2.24. The van der Waals surface area contributed by atoms with Crippen molar-refractivity contribution >= 4 is 11.3 Å². The summed E-state index contributed by atoms with van der Waals surface area (Å²) in [4.78, 5) is 4.44. The Morgan fingerprint density at radius 1 is 1.17 bits per heavy atom. The van der Waals surface area contributed by atoms with Crippen LogP contribution in [-0.4, -0.2) is 33.2 Å². The first-order valence-corrected chi connectivity index (χ1v) is 6.55. The highest BCUT2D eigenvalue weighted by Gasteiger charge is 2.18. The largest absolute Gasteiger partial charge is 0.396 e. The third-order valence-electron chi connectivity index (χ3n) is 2.70. The van der Waals surface area contributed by atoms with Gasteiger partial charge in [0.25, 0.3) is 0 Å². The van der Waals surface area contributed by atoms with Gasteiger partial charge in [0.2, 0.25) is 0 Å². The number of rotatable bonds is 5. The lowest BCUT2D eigenvalue weighted by Gasteiger charge is -2.14. The molecule has 0 amide bonds. The summed E-state index contributed by atoms with van der Waals surface area (Å²) < 4.78 is 0. The first-order valence-electron chi connectivity index (χ1n) is 5.67. The van der Waals surface area contributed by atoms with Crippen LogP contribution in [0.2, 0.25) is 0 Å². The summed E-state index contributed by atoms with van der Waals surface area (Å²) in [7, 11) is 0. The van der Waals surface area contributed by atoms with Crippen LogP contribution in [0.3, 0.4) is 0 Å². The average Bonchev–Trinajstić information content (AvgIpc) is 2.85. The van der Waals surface area contributed by atoms with E-state index in [1.807, 2.05) is 35.7 Å². The van der Waals surface area contributed by atoms with Crippen molar-refractivity contribution in [3.05, 3.63) is 41.4 Å². The van der Waals surface area contributed by atoms with E-state index in [4.69, 9.17) is 15.3 Å². The number of benzene rings is 1. The summed E-state index contributed by atoms with van der Waals surface area (Å²) in [5.74, 6) is -0.587. The van der Waals surface area contributed by atoms with Crippen molar-refractivity contribution < 1.29 is 15.3 Å². The number of hydrogen-bond acceptors (Lipinski definition) is 5. The monoisotopic (exact) mass is 265 g/mol. The van der Waals surface area contributed by atoms with Gasteiger partial charge in [-0.05, 0) is 0 Å². The smallest absolute Gasteiger partial charge is 0.156 e. The number of nitrogens with zero attached hydrogens (tertiary/aromatic N) is 1. The summed E-state index contributed by atoms with van der Waals surface area (Å²) in [6, 6.07) is 9.80. The fourth-order valence-corrected chi connectivity index (χ4v) is 2.49. The molecule has 0 spiro atoms. The van der Waals surface area contributed by atoms with Gasteiger partial charge in [-0.1, -0.05) is 30.3 Å². The van der Waals surface area contributed by atoms with Gasteiger partial charge in [0, 0.05) is 23.3 Å². The number of aliphatic hydroxyl groups excluding tert-OH is 2. The van der Waals surface area contributed by atoms with Crippen LogP contribution in [0, 0.1) is 5.92 Å². The maximum atomic E-state index is 9.07. The lowest BCUT2D eigenvalue weighted by atomic mass is 10.0. The minimum Gasteiger partial charge on any atom is -0.396 e. The molecule has 1 heterocycles. The number of thiazole rings is 1. The molecule has 2 rings (SSSR count). The molecule has 0 saturated carbocycles. The maximum absolute atomic E-state index is 9.07. The average molecular weight is 265 g/mol. The van der Waals surface area contributed by atoms with Gasteiger partial charge in [-0.2, -0.15) is 0 Å². The number of aliphatic hydroxyl groups is 3. The van der Waals surface area contributed by atoms with Crippen molar-refractivity contribution in [2.45, 2.75) is 12.7 Å². The summed E-state index contributed by atoms with van der Waals surface area (Å²) in [5.41, 5.74) is 1.81.